The molecule has 1 aliphatic rings. The highest BCUT2D eigenvalue weighted by atomic mass is 127. The van der Waals surface area contributed by atoms with Gasteiger partial charge in [-0.1, -0.05) is 18.2 Å². The Morgan fingerprint density at radius 3 is 2.69 bits per heavy atom. The molecule has 7 heteroatoms. The minimum absolute atomic E-state index is 0. The molecule has 2 heterocycles. The molecule has 1 aromatic carbocycles. The number of nitrogens with one attached hydrogen (secondary N) is 2. The smallest absolute Gasteiger partial charge is 0.212 e. The van der Waals surface area contributed by atoms with Crippen molar-refractivity contribution in [3.63, 3.8) is 0 Å². The van der Waals surface area contributed by atoms with Crippen molar-refractivity contribution >= 4 is 35.6 Å². The molecule has 1 fully saturated rings. The predicted octanol–water partition coefficient (Wildman–Crippen LogP) is 4.12. The summed E-state index contributed by atoms with van der Waals surface area (Å²) in [5, 5.41) is 6.85. The highest BCUT2D eigenvalue weighted by molar-refractivity contribution is 14.0. The number of aromatic nitrogens is 1. The fourth-order valence-electron chi connectivity index (χ4n) is 3.37. The maximum atomic E-state index is 5.11. The molecular formula is C22H32IN5O. The summed E-state index contributed by atoms with van der Waals surface area (Å²) in [5.74, 6) is 1.42. The molecule has 1 unspecified atom stereocenters. The van der Waals surface area contributed by atoms with E-state index in [9.17, 15) is 0 Å². The lowest BCUT2D eigenvalue weighted by molar-refractivity contribution is 0.397. The fraction of sp³-hybridized carbons (Fsp3) is 0.455. The van der Waals surface area contributed by atoms with Gasteiger partial charge in [0.2, 0.25) is 5.88 Å². The van der Waals surface area contributed by atoms with Crippen LogP contribution in [0.4, 0.5) is 5.69 Å². The lowest BCUT2D eigenvalue weighted by atomic mass is 10.1. The van der Waals surface area contributed by atoms with E-state index in [-0.39, 0.29) is 30.0 Å². The number of guanidine groups is 1. The van der Waals surface area contributed by atoms with Gasteiger partial charge in [0.1, 0.15) is 0 Å². The number of anilines is 1. The Morgan fingerprint density at radius 1 is 1.24 bits per heavy atom. The summed E-state index contributed by atoms with van der Waals surface area (Å²) in [5.41, 5.74) is 3.62. The second-order valence-electron chi connectivity index (χ2n) is 7.06. The average Bonchev–Trinajstić information content (AvgIpc) is 3.27. The van der Waals surface area contributed by atoms with Gasteiger partial charge in [-0.3, -0.25) is 0 Å². The number of hydrogen-bond acceptors (Lipinski definition) is 4. The number of benzene rings is 1. The standard InChI is InChI=1S/C22H31N5O.HI/c1-4-23-22(25-16-18-10-11-21(28-3)24-15-18)26-17(2)19-8-7-9-20(14-19)27-12-5-6-13-27;/h7-11,14-15,17H,4-6,12-13,16H2,1-3H3,(H2,23,25,26);1H. The van der Waals surface area contributed by atoms with E-state index in [4.69, 9.17) is 9.73 Å². The molecule has 29 heavy (non-hydrogen) atoms. The molecule has 1 saturated heterocycles. The molecule has 0 saturated carbocycles. The number of hydrogen-bond donors (Lipinski definition) is 2. The van der Waals surface area contributed by atoms with Crippen LogP contribution in [-0.2, 0) is 6.54 Å². The van der Waals surface area contributed by atoms with Gasteiger partial charge in [0.25, 0.3) is 0 Å². The minimum Gasteiger partial charge on any atom is -0.481 e. The number of methoxy groups -OCH3 is 1. The third-order valence-corrected chi connectivity index (χ3v) is 4.97. The van der Waals surface area contributed by atoms with E-state index in [0.29, 0.717) is 12.4 Å². The number of pyridine rings is 1. The van der Waals surface area contributed by atoms with Crippen LogP contribution in [0.25, 0.3) is 0 Å². The lowest BCUT2D eigenvalue weighted by Crippen LogP contribution is -2.38. The molecular weight excluding hydrogens is 477 g/mol. The summed E-state index contributed by atoms with van der Waals surface area (Å²) in [6, 6.07) is 12.8. The van der Waals surface area contributed by atoms with E-state index in [1.807, 2.05) is 12.1 Å². The van der Waals surface area contributed by atoms with E-state index in [1.165, 1.54) is 24.1 Å². The van der Waals surface area contributed by atoms with E-state index in [0.717, 1.165) is 31.2 Å². The number of ether oxygens (including phenoxy) is 1. The van der Waals surface area contributed by atoms with Gasteiger partial charge in [0.05, 0.1) is 19.7 Å². The average molecular weight is 509 g/mol. The van der Waals surface area contributed by atoms with Crippen LogP contribution in [-0.4, -0.2) is 37.7 Å². The molecule has 1 aliphatic heterocycles. The molecule has 0 amide bonds. The number of nitrogens with zero attached hydrogens (tertiary/aromatic N) is 3. The van der Waals surface area contributed by atoms with E-state index < -0.39 is 0 Å². The zero-order valence-electron chi connectivity index (χ0n) is 17.5. The minimum atomic E-state index is 0. The summed E-state index contributed by atoms with van der Waals surface area (Å²) >= 11 is 0. The predicted molar refractivity (Wildman–Crippen MR) is 130 cm³/mol. The van der Waals surface area contributed by atoms with Crippen LogP contribution in [0.2, 0.25) is 0 Å². The largest absolute Gasteiger partial charge is 0.481 e. The van der Waals surface area contributed by atoms with E-state index >= 15 is 0 Å². The van der Waals surface area contributed by atoms with Crippen molar-refractivity contribution in [2.75, 3.05) is 31.6 Å². The van der Waals surface area contributed by atoms with Crippen LogP contribution in [0.3, 0.4) is 0 Å². The molecule has 1 atom stereocenters. The maximum Gasteiger partial charge on any atom is 0.212 e. The second kappa shape index (κ2) is 11.8. The van der Waals surface area contributed by atoms with Crippen LogP contribution >= 0.6 is 24.0 Å². The van der Waals surface area contributed by atoms with Crippen molar-refractivity contribution in [3.8, 4) is 5.88 Å². The molecule has 0 spiro atoms. The van der Waals surface area contributed by atoms with Gasteiger partial charge < -0.3 is 20.3 Å². The normalized spacial score (nSPS) is 14.9. The molecule has 6 nitrogen and oxygen atoms in total. The van der Waals surface area contributed by atoms with Crippen molar-refractivity contribution in [2.24, 2.45) is 4.99 Å². The lowest BCUT2D eigenvalue weighted by Gasteiger charge is -2.22. The molecule has 0 bridgehead atoms. The molecule has 2 N–H and O–H groups in total. The van der Waals surface area contributed by atoms with Crippen LogP contribution in [0, 0.1) is 0 Å². The highest BCUT2D eigenvalue weighted by Crippen LogP contribution is 2.24. The number of halogens is 1. The Morgan fingerprint density at radius 2 is 2.03 bits per heavy atom. The van der Waals surface area contributed by atoms with Gasteiger partial charge in [-0.15, -0.1) is 24.0 Å². The maximum absolute atomic E-state index is 5.11. The first kappa shape index (κ1) is 23.3. The monoisotopic (exact) mass is 509 g/mol. The fourth-order valence-corrected chi connectivity index (χ4v) is 3.37. The van der Waals surface area contributed by atoms with Crippen LogP contribution in [0.15, 0.2) is 47.6 Å². The summed E-state index contributed by atoms with van der Waals surface area (Å²) < 4.78 is 5.11. The van der Waals surface area contributed by atoms with Gasteiger partial charge >= 0.3 is 0 Å². The quantitative estimate of drug-likeness (QED) is 0.334. The van der Waals surface area contributed by atoms with Crippen LogP contribution in [0.5, 0.6) is 5.88 Å². The van der Waals surface area contributed by atoms with Crippen molar-refractivity contribution in [1.82, 2.24) is 15.6 Å². The first-order valence-electron chi connectivity index (χ1n) is 10.1. The molecule has 0 radical (unpaired) electrons. The van der Waals surface area contributed by atoms with Crippen molar-refractivity contribution in [1.29, 1.82) is 0 Å². The van der Waals surface area contributed by atoms with Crippen LogP contribution in [0.1, 0.15) is 43.9 Å². The van der Waals surface area contributed by atoms with E-state index in [1.54, 1.807) is 13.3 Å². The zero-order valence-corrected chi connectivity index (χ0v) is 19.8. The molecule has 2 aromatic rings. The van der Waals surface area contributed by atoms with Gasteiger partial charge in [-0.05, 0) is 49.9 Å². The molecule has 0 aliphatic carbocycles. The first-order valence-corrected chi connectivity index (χ1v) is 10.1. The summed E-state index contributed by atoms with van der Waals surface area (Å²) in [6.07, 6.45) is 4.37. The third kappa shape index (κ3) is 6.76. The molecule has 158 valence electrons. The first-order chi connectivity index (χ1) is 13.7. The third-order valence-electron chi connectivity index (χ3n) is 4.97. The number of rotatable bonds is 7. The van der Waals surface area contributed by atoms with Gasteiger partial charge in [-0.2, -0.15) is 0 Å². The second-order valence-corrected chi connectivity index (χ2v) is 7.06. The topological polar surface area (TPSA) is 61.8 Å². The van der Waals surface area contributed by atoms with Crippen LogP contribution < -0.4 is 20.3 Å². The van der Waals surface area contributed by atoms with Crippen molar-refractivity contribution < 1.29 is 4.74 Å². The van der Waals surface area contributed by atoms with E-state index in [2.05, 4.69) is 58.6 Å². The van der Waals surface area contributed by atoms with Gasteiger partial charge in [-0.25, -0.2) is 9.98 Å². The Labute approximate surface area is 191 Å². The Bertz CT molecular complexity index is 775. The summed E-state index contributed by atoms with van der Waals surface area (Å²) in [7, 11) is 1.62. The molecule has 1 aromatic heterocycles. The van der Waals surface area contributed by atoms with Crippen molar-refractivity contribution in [3.05, 3.63) is 53.7 Å². The van der Waals surface area contributed by atoms with Gasteiger partial charge in [0.15, 0.2) is 5.96 Å². The Hall–Kier alpha value is -2.03. The van der Waals surface area contributed by atoms with Gasteiger partial charge in [0, 0.05) is 37.6 Å². The Balaban J connectivity index is 0.00000300. The molecule has 3 rings (SSSR count). The summed E-state index contributed by atoms with van der Waals surface area (Å²) in [6.45, 7) is 7.94. The summed E-state index contributed by atoms with van der Waals surface area (Å²) in [4.78, 5) is 11.4. The SMILES string of the molecule is CCNC(=NCc1ccc(OC)nc1)NC(C)c1cccc(N2CCCC2)c1.I. The Kier molecular flexibility index (Phi) is 9.50. The van der Waals surface area contributed by atoms with Crippen molar-refractivity contribution in [2.45, 2.75) is 39.3 Å². The number of aliphatic imine (C=N–C) groups is 1. The highest BCUT2D eigenvalue weighted by Gasteiger charge is 2.14. The zero-order chi connectivity index (χ0) is 19.8.